The first-order valence-corrected chi connectivity index (χ1v) is 9.82. The van der Waals surface area contributed by atoms with Crippen molar-refractivity contribution in [3.05, 3.63) is 0 Å². The molecule has 4 nitrogen and oxygen atoms in total. The fraction of sp³-hybridized carbons (Fsp3) is 1.00. The number of rotatable bonds is 1. The topological polar surface area (TPSA) is 69.9 Å². The molecule has 136 valence electrons. The van der Waals surface area contributed by atoms with E-state index in [1.165, 1.54) is 0 Å². The van der Waals surface area contributed by atoms with Crippen molar-refractivity contribution in [2.75, 3.05) is 0 Å². The van der Waals surface area contributed by atoms with Crippen LogP contribution in [0, 0.1) is 40.4 Å². The van der Waals surface area contributed by atoms with Gasteiger partial charge >= 0.3 is 0 Å². The van der Waals surface area contributed by atoms with Crippen LogP contribution < -0.4 is 0 Å². The maximum Gasteiger partial charge on any atom is 0.175 e. The lowest BCUT2D eigenvalue weighted by molar-refractivity contribution is -0.301. The molecule has 0 aromatic carbocycles. The highest BCUT2D eigenvalue weighted by Crippen LogP contribution is 2.83. The molecule has 0 radical (unpaired) electrons. The minimum Gasteiger partial charge on any atom is -0.389 e. The molecule has 0 aromatic heterocycles. The summed E-state index contributed by atoms with van der Waals surface area (Å²) in [5, 5.41) is 35.6. The molecular weight excluding hydrogens is 304 g/mol. The van der Waals surface area contributed by atoms with Gasteiger partial charge in [0.05, 0.1) is 17.1 Å². The second kappa shape index (κ2) is 3.90. The van der Waals surface area contributed by atoms with Crippen molar-refractivity contribution in [1.82, 2.24) is 0 Å². The molecule has 5 fully saturated rings. The van der Waals surface area contributed by atoms with Gasteiger partial charge in [0.15, 0.2) is 5.79 Å². The Morgan fingerprint density at radius 3 is 2.42 bits per heavy atom. The summed E-state index contributed by atoms with van der Waals surface area (Å²) in [7, 11) is 0. The molecule has 1 aliphatic heterocycles. The first-order valence-electron chi connectivity index (χ1n) is 9.82. The van der Waals surface area contributed by atoms with Crippen molar-refractivity contribution in [2.45, 2.75) is 83.4 Å². The molecule has 0 spiro atoms. The summed E-state index contributed by atoms with van der Waals surface area (Å²) in [6.45, 7) is 10.7. The van der Waals surface area contributed by atoms with E-state index in [4.69, 9.17) is 4.74 Å². The van der Waals surface area contributed by atoms with Crippen LogP contribution in [0.5, 0.6) is 0 Å². The van der Waals surface area contributed by atoms with E-state index in [9.17, 15) is 15.3 Å². The van der Waals surface area contributed by atoms with Crippen LogP contribution in [0.1, 0.15) is 60.3 Å². The van der Waals surface area contributed by atoms with Crippen LogP contribution in [-0.4, -0.2) is 38.4 Å². The Kier molecular flexibility index (Phi) is 2.61. The van der Waals surface area contributed by atoms with Gasteiger partial charge in [0.25, 0.3) is 0 Å². The molecule has 0 amide bonds. The van der Waals surface area contributed by atoms with E-state index in [-0.39, 0.29) is 17.8 Å². The second-order valence-electron chi connectivity index (χ2n) is 10.5. The molecular formula is C20H32O4. The molecule has 10 atom stereocenters. The average Bonchev–Trinajstić information content (AvgIpc) is 2.90. The van der Waals surface area contributed by atoms with Gasteiger partial charge in [0, 0.05) is 17.8 Å². The van der Waals surface area contributed by atoms with E-state index in [2.05, 4.69) is 34.6 Å². The van der Waals surface area contributed by atoms with E-state index >= 15 is 0 Å². The monoisotopic (exact) mass is 336 g/mol. The van der Waals surface area contributed by atoms with Gasteiger partial charge in [-0.1, -0.05) is 34.6 Å². The van der Waals surface area contributed by atoms with Gasteiger partial charge in [0.1, 0.15) is 5.60 Å². The number of hydrogen-bond donors (Lipinski definition) is 3. The summed E-state index contributed by atoms with van der Waals surface area (Å²) >= 11 is 0. The summed E-state index contributed by atoms with van der Waals surface area (Å²) < 4.78 is 6.34. The third-order valence-electron chi connectivity index (χ3n) is 9.80. The summed E-state index contributed by atoms with van der Waals surface area (Å²) in [6, 6.07) is 0. The van der Waals surface area contributed by atoms with Crippen LogP contribution in [0.15, 0.2) is 0 Å². The van der Waals surface area contributed by atoms with Crippen molar-refractivity contribution >= 4 is 0 Å². The lowest BCUT2D eigenvalue weighted by Gasteiger charge is -2.64. The van der Waals surface area contributed by atoms with Crippen molar-refractivity contribution in [2.24, 2.45) is 40.4 Å². The Hall–Kier alpha value is -0.160. The minimum atomic E-state index is -1.33. The lowest BCUT2D eigenvalue weighted by atomic mass is 9.41. The predicted octanol–water partition coefficient (Wildman–Crippen LogP) is 2.30. The largest absolute Gasteiger partial charge is 0.389 e. The highest BCUT2D eigenvalue weighted by atomic mass is 16.7. The lowest BCUT2D eigenvalue weighted by Crippen LogP contribution is -2.75. The fourth-order valence-corrected chi connectivity index (χ4v) is 8.66. The van der Waals surface area contributed by atoms with Gasteiger partial charge in [-0.25, -0.2) is 0 Å². The van der Waals surface area contributed by atoms with Crippen molar-refractivity contribution in [3.8, 4) is 0 Å². The van der Waals surface area contributed by atoms with E-state index < -0.39 is 33.9 Å². The molecule has 0 unspecified atom stereocenters. The van der Waals surface area contributed by atoms with Crippen molar-refractivity contribution < 1.29 is 20.1 Å². The molecule has 1 heterocycles. The standard InChI is InChI=1S/C20H32O4/c1-10(2)12-8-13-16(4)9-19(22)17(12,5)20(13,23)15(24-19)14-11(3)6-7-18(14,16)21/h10-15,21-23H,6-9H2,1-5H3/t11-,12+,13+,14+,15-,16+,17-,18-,19-,20-/m1/s1. The van der Waals surface area contributed by atoms with E-state index in [1.54, 1.807) is 0 Å². The fourth-order valence-electron chi connectivity index (χ4n) is 8.66. The molecule has 5 aliphatic rings. The van der Waals surface area contributed by atoms with Gasteiger partial charge < -0.3 is 20.1 Å². The smallest absolute Gasteiger partial charge is 0.175 e. The quantitative estimate of drug-likeness (QED) is 0.687. The third-order valence-corrected chi connectivity index (χ3v) is 9.80. The number of ether oxygens (including phenoxy) is 1. The summed E-state index contributed by atoms with van der Waals surface area (Å²) in [4.78, 5) is 0. The zero-order chi connectivity index (χ0) is 17.5. The third kappa shape index (κ3) is 1.18. The first-order chi connectivity index (χ1) is 11.0. The van der Waals surface area contributed by atoms with Crippen LogP contribution >= 0.6 is 0 Å². The second-order valence-corrected chi connectivity index (χ2v) is 10.5. The maximum atomic E-state index is 12.1. The summed E-state index contributed by atoms with van der Waals surface area (Å²) in [5.41, 5.74) is -2.99. The van der Waals surface area contributed by atoms with Gasteiger partial charge in [0.2, 0.25) is 0 Å². The summed E-state index contributed by atoms with van der Waals surface area (Å²) in [5.74, 6) is -0.516. The van der Waals surface area contributed by atoms with E-state index in [0.29, 0.717) is 18.3 Å². The van der Waals surface area contributed by atoms with Crippen molar-refractivity contribution in [1.29, 1.82) is 0 Å². The number of fused-ring (bicyclic) bond motifs is 3. The highest BCUT2D eigenvalue weighted by Gasteiger charge is 2.91. The van der Waals surface area contributed by atoms with Crippen LogP contribution in [0.25, 0.3) is 0 Å². The molecule has 4 aliphatic carbocycles. The van der Waals surface area contributed by atoms with Crippen LogP contribution in [0.3, 0.4) is 0 Å². The minimum absolute atomic E-state index is 0.00160. The molecule has 4 saturated carbocycles. The number of aliphatic hydroxyl groups is 3. The van der Waals surface area contributed by atoms with Gasteiger partial charge in [-0.15, -0.1) is 0 Å². The van der Waals surface area contributed by atoms with E-state index in [0.717, 1.165) is 19.3 Å². The first kappa shape index (κ1) is 16.0. The SMILES string of the molecule is CC(C)[C@@H]1C[C@@H]2[C@@]3(O)[C@@H]4O[C@](O)(C[C@]2(C)[C@@]2(O)CC[C@@H](C)[C@@H]42)[C@@]13C. The Labute approximate surface area is 144 Å². The van der Waals surface area contributed by atoms with E-state index in [1.807, 2.05) is 0 Å². The molecule has 0 aromatic rings. The molecule has 3 N–H and O–H groups in total. The maximum absolute atomic E-state index is 12.1. The predicted molar refractivity (Wildman–Crippen MR) is 88.9 cm³/mol. The molecule has 4 heteroatoms. The Morgan fingerprint density at radius 2 is 1.79 bits per heavy atom. The normalized spacial score (nSPS) is 69.6. The van der Waals surface area contributed by atoms with Crippen LogP contribution in [0.4, 0.5) is 0 Å². The molecule has 5 bridgehead atoms. The van der Waals surface area contributed by atoms with Gasteiger partial charge in [-0.3, -0.25) is 0 Å². The molecule has 5 rings (SSSR count). The summed E-state index contributed by atoms with van der Waals surface area (Å²) in [6.07, 6.45) is 2.62. The number of hydrogen-bond acceptors (Lipinski definition) is 4. The van der Waals surface area contributed by atoms with Crippen molar-refractivity contribution in [3.63, 3.8) is 0 Å². The van der Waals surface area contributed by atoms with Gasteiger partial charge in [-0.05, 0) is 42.9 Å². The van der Waals surface area contributed by atoms with Gasteiger partial charge in [-0.2, -0.15) is 0 Å². The zero-order valence-corrected chi connectivity index (χ0v) is 15.5. The Balaban J connectivity index is 1.80. The average molecular weight is 336 g/mol. The van der Waals surface area contributed by atoms with Crippen LogP contribution in [0.2, 0.25) is 0 Å². The zero-order valence-electron chi connectivity index (χ0n) is 15.5. The Bertz CT molecular complexity index is 621. The Morgan fingerprint density at radius 1 is 1.12 bits per heavy atom. The van der Waals surface area contributed by atoms with Crippen LogP contribution in [-0.2, 0) is 4.74 Å². The molecule has 24 heavy (non-hydrogen) atoms. The molecule has 1 saturated heterocycles. The highest BCUT2D eigenvalue weighted by molar-refractivity contribution is 5.37.